The van der Waals surface area contributed by atoms with Gasteiger partial charge in [0.05, 0.1) is 12.2 Å². The number of aromatic nitrogens is 2. The third kappa shape index (κ3) is 3.73. The van der Waals surface area contributed by atoms with Gasteiger partial charge in [0.1, 0.15) is 5.82 Å². The molecule has 0 bridgehead atoms. The number of carbonyl (C=O) groups excluding carboxylic acids is 1. The van der Waals surface area contributed by atoms with E-state index in [9.17, 15) is 9.18 Å². The smallest absolute Gasteiger partial charge is 0.257 e. The lowest BCUT2D eigenvalue weighted by Gasteiger charge is -2.37. The van der Waals surface area contributed by atoms with Gasteiger partial charge in [-0.25, -0.2) is 4.39 Å². The second kappa shape index (κ2) is 7.44. The van der Waals surface area contributed by atoms with Crippen LogP contribution in [0.2, 0.25) is 0 Å². The second-order valence-electron chi connectivity index (χ2n) is 5.65. The van der Waals surface area contributed by atoms with Gasteiger partial charge in [-0.2, -0.15) is 10.2 Å². The van der Waals surface area contributed by atoms with Crippen molar-refractivity contribution in [2.75, 3.05) is 6.54 Å². The molecule has 1 atom stereocenters. The molecule has 5 nitrogen and oxygen atoms in total. The normalized spacial score (nSPS) is 17.4. The Balaban J connectivity index is 1.72. The number of nitrogens with zero attached hydrogens (tertiary/aromatic N) is 3. The van der Waals surface area contributed by atoms with Crippen molar-refractivity contribution < 1.29 is 9.18 Å². The third-order valence-corrected chi connectivity index (χ3v) is 4.42. The summed E-state index contributed by atoms with van der Waals surface area (Å²) in [6.07, 6.45) is 6.44. The minimum Gasteiger partial charge on any atom is -0.342 e. The van der Waals surface area contributed by atoms with E-state index < -0.39 is 0 Å². The van der Waals surface area contributed by atoms with Crippen molar-refractivity contribution in [3.63, 3.8) is 0 Å². The van der Waals surface area contributed by atoms with Crippen molar-refractivity contribution >= 4 is 23.2 Å². The van der Waals surface area contributed by atoms with Crippen LogP contribution in [0.3, 0.4) is 0 Å². The lowest BCUT2D eigenvalue weighted by Crippen LogP contribution is -2.46. The Kier molecular flexibility index (Phi) is 5.10. The van der Waals surface area contributed by atoms with E-state index in [1.54, 1.807) is 12.4 Å². The maximum Gasteiger partial charge on any atom is 0.257 e. The van der Waals surface area contributed by atoms with E-state index >= 15 is 0 Å². The molecular weight excluding hydrogens is 327 g/mol. The number of amides is 1. The Morgan fingerprint density at radius 3 is 2.71 bits per heavy atom. The molecule has 0 saturated carbocycles. The van der Waals surface area contributed by atoms with Crippen LogP contribution in [-0.2, 0) is 0 Å². The molecule has 24 heavy (non-hydrogen) atoms. The molecule has 2 heterocycles. The van der Waals surface area contributed by atoms with Crippen LogP contribution in [-0.4, -0.2) is 32.7 Å². The lowest BCUT2D eigenvalue weighted by molar-refractivity contribution is 0.0969. The zero-order valence-electron chi connectivity index (χ0n) is 13.0. The molecule has 1 saturated heterocycles. The Hall–Kier alpha value is -2.41. The average Bonchev–Trinajstić information content (AvgIpc) is 2.63. The van der Waals surface area contributed by atoms with Gasteiger partial charge in [-0.1, -0.05) is 0 Å². The Labute approximate surface area is 144 Å². The standard InChI is InChI=1S/C17H17FN4OS/c18-14-6-4-12(5-7-14)16(23)21-17(24)22-10-2-1-3-15(22)13-8-9-19-20-11-13/h4-9,11,15H,1-3,10H2,(H,21,23,24). The minimum absolute atomic E-state index is 0.0790. The molecule has 0 aliphatic carbocycles. The number of benzene rings is 1. The van der Waals surface area contributed by atoms with Crippen molar-refractivity contribution in [1.29, 1.82) is 0 Å². The van der Waals surface area contributed by atoms with Gasteiger partial charge in [0.25, 0.3) is 5.91 Å². The highest BCUT2D eigenvalue weighted by Crippen LogP contribution is 2.30. The van der Waals surface area contributed by atoms with Crippen molar-refractivity contribution in [2.24, 2.45) is 0 Å². The van der Waals surface area contributed by atoms with Crippen LogP contribution in [0.4, 0.5) is 4.39 Å². The van der Waals surface area contributed by atoms with Crippen molar-refractivity contribution in [2.45, 2.75) is 25.3 Å². The van der Waals surface area contributed by atoms with Crippen LogP contribution < -0.4 is 5.32 Å². The van der Waals surface area contributed by atoms with Gasteiger partial charge in [-0.15, -0.1) is 0 Å². The molecule has 0 radical (unpaired) electrons. The highest BCUT2D eigenvalue weighted by Gasteiger charge is 2.27. The largest absolute Gasteiger partial charge is 0.342 e. The highest BCUT2D eigenvalue weighted by atomic mass is 32.1. The van der Waals surface area contributed by atoms with Gasteiger partial charge in [-0.3, -0.25) is 10.1 Å². The molecule has 1 aromatic heterocycles. The fourth-order valence-electron chi connectivity index (χ4n) is 2.86. The number of piperidine rings is 1. The number of halogens is 1. The van der Waals surface area contributed by atoms with Crippen molar-refractivity contribution in [1.82, 2.24) is 20.4 Å². The maximum atomic E-state index is 13.0. The third-order valence-electron chi connectivity index (χ3n) is 4.08. The molecule has 124 valence electrons. The first-order valence-electron chi connectivity index (χ1n) is 7.79. The van der Waals surface area contributed by atoms with Crippen LogP contribution in [0.5, 0.6) is 0 Å². The van der Waals surface area contributed by atoms with Crippen LogP contribution in [0, 0.1) is 5.82 Å². The fourth-order valence-corrected chi connectivity index (χ4v) is 3.17. The minimum atomic E-state index is -0.379. The molecule has 1 N–H and O–H groups in total. The summed E-state index contributed by atoms with van der Waals surface area (Å²) >= 11 is 5.44. The summed E-state index contributed by atoms with van der Waals surface area (Å²) in [5, 5.41) is 10.9. The summed E-state index contributed by atoms with van der Waals surface area (Å²) in [6, 6.07) is 7.38. The van der Waals surface area contributed by atoms with E-state index in [-0.39, 0.29) is 17.8 Å². The van der Waals surface area contributed by atoms with E-state index in [1.165, 1.54) is 24.3 Å². The van der Waals surface area contributed by atoms with E-state index in [0.717, 1.165) is 31.4 Å². The zero-order valence-corrected chi connectivity index (χ0v) is 13.8. The zero-order chi connectivity index (χ0) is 16.9. The van der Waals surface area contributed by atoms with E-state index in [4.69, 9.17) is 12.2 Å². The maximum absolute atomic E-state index is 13.0. The molecule has 1 amide bonds. The number of hydrogen-bond acceptors (Lipinski definition) is 4. The first-order valence-corrected chi connectivity index (χ1v) is 8.20. The number of likely N-dealkylation sites (tertiary alicyclic amines) is 1. The van der Waals surface area contributed by atoms with Gasteiger partial charge >= 0.3 is 0 Å². The first-order chi connectivity index (χ1) is 11.6. The molecule has 1 aliphatic rings. The van der Waals surface area contributed by atoms with Gasteiger partial charge < -0.3 is 4.90 Å². The number of carbonyl (C=O) groups is 1. The predicted molar refractivity (Wildman–Crippen MR) is 91.8 cm³/mol. The average molecular weight is 344 g/mol. The molecular formula is C17H17FN4OS. The monoisotopic (exact) mass is 344 g/mol. The van der Waals surface area contributed by atoms with Crippen molar-refractivity contribution in [3.05, 3.63) is 59.7 Å². The number of hydrogen-bond donors (Lipinski definition) is 1. The number of rotatable bonds is 2. The molecule has 1 fully saturated rings. The number of thiocarbonyl (C=S) groups is 1. The lowest BCUT2D eigenvalue weighted by atomic mass is 9.97. The van der Waals surface area contributed by atoms with E-state index in [2.05, 4.69) is 15.5 Å². The van der Waals surface area contributed by atoms with Gasteiger partial charge in [0, 0.05) is 18.3 Å². The molecule has 3 rings (SSSR count). The Morgan fingerprint density at radius 1 is 1.21 bits per heavy atom. The summed E-state index contributed by atoms with van der Waals surface area (Å²) in [5.41, 5.74) is 1.40. The van der Waals surface area contributed by atoms with E-state index in [1.807, 2.05) is 11.0 Å². The topological polar surface area (TPSA) is 58.1 Å². The summed E-state index contributed by atoms with van der Waals surface area (Å²) in [6.45, 7) is 0.773. The summed E-state index contributed by atoms with van der Waals surface area (Å²) in [4.78, 5) is 14.3. The molecule has 7 heteroatoms. The van der Waals surface area contributed by atoms with E-state index in [0.29, 0.717) is 10.7 Å². The highest BCUT2D eigenvalue weighted by molar-refractivity contribution is 7.80. The van der Waals surface area contributed by atoms with Crippen LogP contribution in [0.15, 0.2) is 42.7 Å². The molecule has 0 spiro atoms. The van der Waals surface area contributed by atoms with Crippen LogP contribution >= 0.6 is 12.2 Å². The molecule has 1 aliphatic heterocycles. The second-order valence-corrected chi connectivity index (χ2v) is 6.03. The van der Waals surface area contributed by atoms with Gasteiger partial charge in [0.2, 0.25) is 0 Å². The molecule has 1 aromatic carbocycles. The molecule has 2 aromatic rings. The first kappa shape index (κ1) is 16.4. The quantitative estimate of drug-likeness (QED) is 0.849. The number of nitrogens with one attached hydrogen (secondary N) is 1. The van der Waals surface area contributed by atoms with Crippen LogP contribution in [0.1, 0.15) is 41.2 Å². The summed E-state index contributed by atoms with van der Waals surface area (Å²) in [7, 11) is 0. The predicted octanol–water partition coefficient (Wildman–Crippen LogP) is 2.86. The fraction of sp³-hybridized carbons (Fsp3) is 0.294. The van der Waals surface area contributed by atoms with Gasteiger partial charge in [-0.05, 0) is 67.4 Å². The Bertz CT molecular complexity index is 723. The summed E-state index contributed by atoms with van der Waals surface area (Å²) in [5.74, 6) is -0.715. The SMILES string of the molecule is O=C(NC(=S)N1CCCCC1c1ccnnc1)c1ccc(F)cc1. The summed E-state index contributed by atoms with van der Waals surface area (Å²) < 4.78 is 13.0. The van der Waals surface area contributed by atoms with Crippen molar-refractivity contribution in [3.8, 4) is 0 Å². The Morgan fingerprint density at radius 2 is 2.00 bits per heavy atom. The molecule has 1 unspecified atom stereocenters. The van der Waals surface area contributed by atoms with Gasteiger partial charge in [0.15, 0.2) is 5.11 Å². The van der Waals surface area contributed by atoms with Crippen LogP contribution in [0.25, 0.3) is 0 Å².